The topological polar surface area (TPSA) is 109 Å². The van der Waals surface area contributed by atoms with Gasteiger partial charge in [-0.05, 0) is 63.6 Å². The van der Waals surface area contributed by atoms with Crippen LogP contribution in [0.1, 0.15) is 46.0 Å². The van der Waals surface area contributed by atoms with Gasteiger partial charge in [0, 0.05) is 28.7 Å². The number of phenolic OH excluding ortho intramolecular Hbond substituents is 1. The Bertz CT molecular complexity index is 1290. The molecule has 2 aromatic heterocycles. The number of piperidine rings is 1. The summed E-state index contributed by atoms with van der Waals surface area (Å²) in [6, 6.07) is 6.96. The van der Waals surface area contributed by atoms with Gasteiger partial charge in [0.1, 0.15) is 11.9 Å². The van der Waals surface area contributed by atoms with Crippen LogP contribution in [0.3, 0.4) is 0 Å². The smallest absolute Gasteiger partial charge is 0.233 e. The molecule has 3 aliphatic rings. The van der Waals surface area contributed by atoms with E-state index in [9.17, 15) is 5.11 Å². The van der Waals surface area contributed by atoms with Crippen molar-refractivity contribution in [3.8, 4) is 34.1 Å². The molecule has 0 spiro atoms. The summed E-state index contributed by atoms with van der Waals surface area (Å²) >= 11 is 0. The van der Waals surface area contributed by atoms with Crippen LogP contribution in [0.15, 0.2) is 36.7 Å². The number of rotatable bonds is 6. The lowest BCUT2D eigenvalue weighted by Crippen LogP contribution is -2.66. The molecule has 2 N–H and O–H groups in total. The van der Waals surface area contributed by atoms with Crippen LogP contribution in [-0.2, 0) is 0 Å². The van der Waals surface area contributed by atoms with Crippen molar-refractivity contribution in [3.63, 3.8) is 0 Å². The van der Waals surface area contributed by atoms with Gasteiger partial charge >= 0.3 is 0 Å². The highest BCUT2D eigenvalue weighted by Crippen LogP contribution is 2.47. The number of ether oxygens (including phenoxy) is 1. The predicted molar refractivity (Wildman–Crippen MR) is 132 cm³/mol. The second-order valence-electron chi connectivity index (χ2n) is 10.8. The standard InChI is InChI=1S/C26H30FN7O2/c1-25-8-9-26(2,33-25)23(27)19(12-25)34(17-5-6-17)21-14-28-24(32-30-21)18-7-4-15(10-20(18)35)16-11-22(36-3)31-29-13-16/h4,7,10-11,13-14,17,19,23,33,35H,5-6,8-9,12H2,1-3H3/t19-,23-,25-,26+/m0/s1. The third-order valence-corrected chi connectivity index (χ3v) is 7.91. The lowest BCUT2D eigenvalue weighted by molar-refractivity contribution is 0.0831. The van der Waals surface area contributed by atoms with E-state index in [1.165, 1.54) is 7.11 Å². The lowest BCUT2D eigenvalue weighted by Gasteiger charge is -2.48. The fraction of sp³-hybridized carbons (Fsp3) is 0.500. The minimum absolute atomic E-state index is 0.0245. The zero-order valence-corrected chi connectivity index (χ0v) is 20.6. The molecule has 36 heavy (non-hydrogen) atoms. The van der Waals surface area contributed by atoms with Gasteiger partial charge in [-0.3, -0.25) is 0 Å². The van der Waals surface area contributed by atoms with Crippen molar-refractivity contribution < 1.29 is 14.2 Å². The molecule has 4 atom stereocenters. The molecule has 1 saturated carbocycles. The molecular weight excluding hydrogens is 461 g/mol. The molecule has 3 fully saturated rings. The number of benzene rings is 1. The van der Waals surface area contributed by atoms with E-state index >= 15 is 4.39 Å². The van der Waals surface area contributed by atoms with E-state index in [0.29, 0.717) is 23.1 Å². The number of aromatic nitrogens is 5. The quantitative estimate of drug-likeness (QED) is 0.533. The number of nitrogens with zero attached hydrogens (tertiary/aromatic N) is 6. The number of halogens is 1. The molecule has 188 valence electrons. The van der Waals surface area contributed by atoms with Crippen LogP contribution in [0.4, 0.5) is 10.2 Å². The largest absolute Gasteiger partial charge is 0.507 e. The van der Waals surface area contributed by atoms with Crippen molar-refractivity contribution in [2.45, 2.75) is 75.3 Å². The average molecular weight is 492 g/mol. The Morgan fingerprint density at radius 2 is 1.92 bits per heavy atom. The molecule has 0 radical (unpaired) electrons. The fourth-order valence-corrected chi connectivity index (χ4v) is 5.94. The third-order valence-electron chi connectivity index (χ3n) is 7.91. The Morgan fingerprint density at radius 3 is 2.61 bits per heavy atom. The Morgan fingerprint density at radius 1 is 1.08 bits per heavy atom. The summed E-state index contributed by atoms with van der Waals surface area (Å²) in [6.45, 7) is 4.19. The van der Waals surface area contributed by atoms with Gasteiger partial charge in [-0.25, -0.2) is 9.37 Å². The molecule has 1 aliphatic carbocycles. The molecule has 10 heteroatoms. The minimum Gasteiger partial charge on any atom is -0.507 e. The van der Waals surface area contributed by atoms with Gasteiger partial charge in [-0.15, -0.1) is 15.3 Å². The van der Waals surface area contributed by atoms with Crippen LogP contribution in [0.5, 0.6) is 11.6 Å². The Kier molecular flexibility index (Phi) is 5.33. The molecule has 0 amide bonds. The zero-order valence-electron chi connectivity index (χ0n) is 20.6. The van der Waals surface area contributed by atoms with Gasteiger partial charge in [0.25, 0.3) is 0 Å². The summed E-state index contributed by atoms with van der Waals surface area (Å²) in [5.74, 6) is 1.31. The van der Waals surface area contributed by atoms with Gasteiger partial charge < -0.3 is 20.1 Å². The van der Waals surface area contributed by atoms with Gasteiger partial charge in [-0.2, -0.15) is 5.10 Å². The van der Waals surface area contributed by atoms with Crippen molar-refractivity contribution in [2.75, 3.05) is 12.0 Å². The Hall–Kier alpha value is -3.40. The summed E-state index contributed by atoms with van der Waals surface area (Å²) < 4.78 is 21.0. The molecule has 4 heterocycles. The molecule has 2 aliphatic heterocycles. The second-order valence-corrected chi connectivity index (χ2v) is 10.8. The lowest BCUT2D eigenvalue weighted by atomic mass is 9.82. The Balaban J connectivity index is 1.27. The summed E-state index contributed by atoms with van der Waals surface area (Å²) in [5.41, 5.74) is 1.39. The third kappa shape index (κ3) is 3.93. The first-order valence-electron chi connectivity index (χ1n) is 12.4. The fourth-order valence-electron chi connectivity index (χ4n) is 5.94. The highest BCUT2D eigenvalue weighted by molar-refractivity contribution is 5.72. The van der Waals surface area contributed by atoms with Crippen molar-refractivity contribution in [3.05, 3.63) is 36.7 Å². The SMILES string of the molecule is COc1cc(-c2ccc(-c3ncc(N(C4CC4)[C@H]4C[C@]5(C)CC[C@@](C)(N5)[C@H]4F)nn3)c(O)c2)cnn1. The predicted octanol–water partition coefficient (Wildman–Crippen LogP) is 3.69. The molecule has 0 unspecified atom stereocenters. The number of hydrogen-bond donors (Lipinski definition) is 2. The maximum absolute atomic E-state index is 15.8. The monoisotopic (exact) mass is 491 g/mol. The highest BCUT2D eigenvalue weighted by Gasteiger charge is 2.58. The molecule has 2 bridgehead atoms. The number of fused-ring (bicyclic) bond motifs is 2. The maximum atomic E-state index is 15.8. The number of anilines is 1. The number of phenols is 1. The van der Waals surface area contributed by atoms with Crippen molar-refractivity contribution in [1.82, 2.24) is 30.7 Å². The number of aromatic hydroxyl groups is 1. The molecular formula is C26H30FN7O2. The molecule has 2 saturated heterocycles. The van der Waals surface area contributed by atoms with E-state index in [1.54, 1.807) is 30.6 Å². The van der Waals surface area contributed by atoms with Gasteiger partial charge in [0.15, 0.2) is 11.6 Å². The van der Waals surface area contributed by atoms with E-state index < -0.39 is 11.7 Å². The second kappa shape index (κ2) is 8.33. The van der Waals surface area contributed by atoms with Crippen LogP contribution in [0.2, 0.25) is 0 Å². The van der Waals surface area contributed by atoms with Gasteiger partial charge in [-0.1, -0.05) is 6.07 Å². The van der Waals surface area contributed by atoms with Crippen molar-refractivity contribution in [2.24, 2.45) is 0 Å². The van der Waals surface area contributed by atoms with E-state index in [2.05, 4.69) is 42.5 Å². The Labute approximate surface area is 209 Å². The number of nitrogens with one attached hydrogen (secondary N) is 1. The molecule has 6 rings (SSSR count). The van der Waals surface area contributed by atoms with Crippen LogP contribution in [0, 0.1) is 0 Å². The summed E-state index contributed by atoms with van der Waals surface area (Å²) in [7, 11) is 1.52. The van der Waals surface area contributed by atoms with Crippen molar-refractivity contribution in [1.29, 1.82) is 0 Å². The first-order chi connectivity index (χ1) is 17.3. The zero-order chi connectivity index (χ0) is 25.1. The molecule has 3 aromatic rings. The average Bonchev–Trinajstić information content (AvgIpc) is 3.67. The summed E-state index contributed by atoms with van der Waals surface area (Å²) in [6.07, 6.45) is 6.82. The summed E-state index contributed by atoms with van der Waals surface area (Å²) in [4.78, 5) is 6.64. The number of hydrogen-bond acceptors (Lipinski definition) is 9. The van der Waals surface area contributed by atoms with Gasteiger partial charge in [0.2, 0.25) is 5.88 Å². The van der Waals surface area contributed by atoms with E-state index in [-0.39, 0.29) is 23.4 Å². The van der Waals surface area contributed by atoms with E-state index in [0.717, 1.165) is 43.2 Å². The van der Waals surface area contributed by atoms with Crippen LogP contribution < -0.4 is 15.0 Å². The van der Waals surface area contributed by atoms with E-state index in [4.69, 9.17) is 4.74 Å². The molecule has 9 nitrogen and oxygen atoms in total. The normalized spacial score (nSPS) is 29.2. The van der Waals surface area contributed by atoms with Crippen LogP contribution >= 0.6 is 0 Å². The van der Waals surface area contributed by atoms with Gasteiger partial charge in [0.05, 0.1) is 31.1 Å². The maximum Gasteiger partial charge on any atom is 0.233 e. The highest BCUT2D eigenvalue weighted by atomic mass is 19.1. The van der Waals surface area contributed by atoms with E-state index in [1.807, 2.05) is 13.0 Å². The number of alkyl halides is 1. The first-order valence-corrected chi connectivity index (χ1v) is 12.4. The first kappa shape index (κ1) is 23.0. The molecule has 1 aromatic carbocycles. The van der Waals surface area contributed by atoms with Crippen molar-refractivity contribution >= 4 is 5.82 Å². The minimum atomic E-state index is -1.01. The van der Waals surface area contributed by atoms with Crippen LogP contribution in [0.25, 0.3) is 22.5 Å². The summed E-state index contributed by atoms with van der Waals surface area (Å²) in [5, 5.41) is 30.9. The van der Waals surface area contributed by atoms with Crippen LogP contribution in [-0.4, -0.2) is 66.9 Å². The number of methoxy groups -OCH3 is 1.